The molecule has 328 valence electrons. The summed E-state index contributed by atoms with van der Waals surface area (Å²) in [5.41, 5.74) is 6.72. The Hall–Kier alpha value is -4.97. The predicted molar refractivity (Wildman–Crippen MR) is 235 cm³/mol. The number of hydrogen-bond donors (Lipinski definition) is 3. The summed E-state index contributed by atoms with van der Waals surface area (Å²) in [7, 11) is 1.70. The molecule has 1 atom stereocenters. The van der Waals surface area contributed by atoms with Crippen LogP contribution < -0.4 is 16.3 Å². The van der Waals surface area contributed by atoms with Crippen LogP contribution in [0.4, 0.5) is 5.95 Å². The summed E-state index contributed by atoms with van der Waals surface area (Å²) in [5, 5.41) is 6.68. The average molecular weight is 840 g/mol. The molecular formula is C45H61N9O7. The van der Waals surface area contributed by atoms with Gasteiger partial charge in [0.25, 0.3) is 0 Å². The number of piperidine rings is 1. The van der Waals surface area contributed by atoms with Crippen molar-refractivity contribution in [3.8, 4) is 11.1 Å². The maximum atomic E-state index is 13.0. The van der Waals surface area contributed by atoms with Crippen LogP contribution in [0.15, 0.2) is 59.7 Å². The minimum Gasteiger partial charge on any atom is -0.379 e. The number of amides is 2. The van der Waals surface area contributed by atoms with Gasteiger partial charge in [0.05, 0.1) is 57.3 Å². The van der Waals surface area contributed by atoms with Gasteiger partial charge in [0.2, 0.25) is 17.8 Å². The number of carbonyl (C=O) groups excluding carboxylic acids is 2. The number of imide groups is 1. The molecule has 0 radical (unpaired) electrons. The quantitative estimate of drug-likeness (QED) is 0.0597. The van der Waals surface area contributed by atoms with E-state index < -0.39 is 11.9 Å². The van der Waals surface area contributed by atoms with Crippen LogP contribution in [0.1, 0.15) is 56.2 Å². The molecule has 3 aromatic heterocycles. The number of carbonyl (C=O) groups is 2. The monoisotopic (exact) mass is 839 g/mol. The number of H-pyrrole nitrogens is 1. The topological polar surface area (TPSA) is 170 Å². The second-order valence-corrected chi connectivity index (χ2v) is 15.8. The fourth-order valence-corrected chi connectivity index (χ4v) is 7.96. The first-order valence-electron chi connectivity index (χ1n) is 21.8. The van der Waals surface area contributed by atoms with Crippen LogP contribution in [0.5, 0.6) is 0 Å². The first-order chi connectivity index (χ1) is 29.9. The van der Waals surface area contributed by atoms with Gasteiger partial charge in [-0.05, 0) is 54.5 Å². The second kappa shape index (κ2) is 22.2. The standard InChI is InChI=1S/C45H61N9O7/c1-3-4-15-46-44-48-31-37-36(30-47-42(37)50-44)35-10-7-34(8-11-35)32-53-18-16-52(17-19-53)20-22-59-24-26-61-28-27-60-25-23-58-21-5-6-33-9-12-38-40(29-33)51(2)45(57)54(38)39-13-14-41(55)49-43(39)56/h7-12,29-31,39H,3-6,13-28,32H2,1-2H3,(H,49,55,56)(H2,46,47,48,50)/t39-/m0/s1. The third-order valence-electron chi connectivity index (χ3n) is 11.5. The predicted octanol–water partition coefficient (Wildman–Crippen LogP) is 4.28. The van der Waals surface area contributed by atoms with Crippen LogP contribution in [0, 0.1) is 0 Å². The van der Waals surface area contributed by atoms with Crippen LogP contribution in [0.3, 0.4) is 0 Å². The highest BCUT2D eigenvalue weighted by Gasteiger charge is 2.31. The summed E-state index contributed by atoms with van der Waals surface area (Å²) >= 11 is 0. The van der Waals surface area contributed by atoms with Crippen LogP contribution in [-0.4, -0.2) is 138 Å². The SMILES string of the molecule is CCCCNc1ncc2c(-c3ccc(CN4CCN(CCOCCOCCOCCOCCCc5ccc6c(c5)n(C)c(=O)n6[C@H]5CCC(=O)NC5=O)CC4)cc3)c[nH]c2n1. The van der Waals surface area contributed by atoms with Gasteiger partial charge in [-0.3, -0.25) is 33.8 Å². The highest BCUT2D eigenvalue weighted by atomic mass is 16.6. The molecule has 16 heteroatoms. The van der Waals surface area contributed by atoms with E-state index in [1.54, 1.807) is 11.6 Å². The summed E-state index contributed by atoms with van der Waals surface area (Å²) in [6.45, 7) is 13.5. The largest absolute Gasteiger partial charge is 0.379 e. The minimum absolute atomic E-state index is 0.218. The number of aromatic amines is 1. The van der Waals surface area contributed by atoms with E-state index in [1.807, 2.05) is 30.6 Å². The lowest BCUT2D eigenvalue weighted by Gasteiger charge is -2.34. The van der Waals surface area contributed by atoms with Gasteiger partial charge in [0.1, 0.15) is 11.7 Å². The number of rotatable bonds is 24. The molecule has 2 fully saturated rings. The number of nitrogens with zero attached hydrogens (tertiary/aromatic N) is 6. The Balaban J connectivity index is 0.676. The molecule has 3 N–H and O–H groups in total. The fraction of sp³-hybridized carbons (Fsp3) is 0.533. The molecule has 0 saturated carbocycles. The van der Waals surface area contributed by atoms with E-state index in [2.05, 4.69) is 66.6 Å². The number of unbranched alkanes of at least 4 members (excludes halogenated alkanes) is 1. The van der Waals surface area contributed by atoms with Crippen LogP contribution in [0.2, 0.25) is 0 Å². The van der Waals surface area contributed by atoms with Crippen LogP contribution in [-0.2, 0) is 48.5 Å². The zero-order valence-corrected chi connectivity index (χ0v) is 35.7. The molecule has 2 amide bonds. The minimum atomic E-state index is -0.684. The molecule has 2 saturated heterocycles. The number of fused-ring (bicyclic) bond motifs is 2. The molecule has 5 aromatic rings. The smallest absolute Gasteiger partial charge is 0.329 e. The van der Waals surface area contributed by atoms with E-state index in [9.17, 15) is 14.4 Å². The van der Waals surface area contributed by atoms with E-state index >= 15 is 0 Å². The number of benzene rings is 2. The number of piperazine rings is 1. The molecule has 16 nitrogen and oxygen atoms in total. The van der Waals surface area contributed by atoms with E-state index in [1.165, 1.54) is 10.1 Å². The number of ether oxygens (including phenoxy) is 4. The van der Waals surface area contributed by atoms with Crippen molar-refractivity contribution in [2.45, 2.75) is 58.0 Å². The van der Waals surface area contributed by atoms with Crippen molar-refractivity contribution < 1.29 is 28.5 Å². The molecule has 0 spiro atoms. The first-order valence-corrected chi connectivity index (χ1v) is 21.8. The van der Waals surface area contributed by atoms with Gasteiger partial charge in [-0.1, -0.05) is 43.7 Å². The summed E-state index contributed by atoms with van der Waals surface area (Å²) < 4.78 is 26.0. The van der Waals surface area contributed by atoms with E-state index in [-0.39, 0.29) is 18.0 Å². The summed E-state index contributed by atoms with van der Waals surface area (Å²) in [6.07, 6.45) is 8.31. The van der Waals surface area contributed by atoms with Crippen molar-refractivity contribution in [3.05, 3.63) is 76.5 Å². The molecule has 0 unspecified atom stereocenters. The summed E-state index contributed by atoms with van der Waals surface area (Å²) in [6, 6.07) is 14.0. The van der Waals surface area contributed by atoms with Gasteiger partial charge in [0, 0.05) is 89.2 Å². The van der Waals surface area contributed by atoms with E-state index in [0.717, 1.165) is 105 Å². The van der Waals surface area contributed by atoms with Crippen molar-refractivity contribution in [1.82, 2.24) is 39.2 Å². The normalized spacial score (nSPS) is 16.5. The van der Waals surface area contributed by atoms with Gasteiger partial charge in [-0.15, -0.1) is 0 Å². The number of aryl methyl sites for hydroxylation is 2. The van der Waals surface area contributed by atoms with E-state index in [4.69, 9.17) is 18.9 Å². The number of imidazole rings is 1. The third kappa shape index (κ3) is 11.9. The molecule has 2 aromatic carbocycles. The Kier molecular flexibility index (Phi) is 16.1. The summed E-state index contributed by atoms with van der Waals surface area (Å²) in [5.74, 6) is -0.0656. The molecule has 0 bridgehead atoms. The maximum Gasteiger partial charge on any atom is 0.329 e. The molecule has 2 aliphatic heterocycles. The third-order valence-corrected chi connectivity index (χ3v) is 11.5. The molecular weight excluding hydrogens is 779 g/mol. The Morgan fingerprint density at radius 2 is 1.49 bits per heavy atom. The first kappa shape index (κ1) is 44.1. The van der Waals surface area contributed by atoms with Gasteiger partial charge in [-0.2, -0.15) is 4.98 Å². The van der Waals surface area contributed by atoms with Gasteiger partial charge >= 0.3 is 5.69 Å². The highest BCUT2D eigenvalue weighted by Crippen LogP contribution is 2.29. The Bertz CT molecular complexity index is 2240. The van der Waals surface area contributed by atoms with Crippen molar-refractivity contribution in [3.63, 3.8) is 0 Å². The van der Waals surface area contributed by atoms with Crippen molar-refractivity contribution >= 4 is 39.8 Å². The Labute approximate surface area is 356 Å². The Morgan fingerprint density at radius 3 is 2.21 bits per heavy atom. The van der Waals surface area contributed by atoms with Crippen molar-refractivity contribution in [2.24, 2.45) is 7.05 Å². The molecule has 5 heterocycles. The Morgan fingerprint density at radius 1 is 0.803 bits per heavy atom. The van der Waals surface area contributed by atoms with E-state index in [0.29, 0.717) is 70.7 Å². The van der Waals surface area contributed by atoms with Gasteiger partial charge < -0.3 is 29.2 Å². The second-order valence-electron chi connectivity index (χ2n) is 15.8. The zero-order valence-electron chi connectivity index (χ0n) is 35.7. The number of aromatic nitrogens is 5. The molecule has 2 aliphatic rings. The maximum absolute atomic E-state index is 13.0. The lowest BCUT2D eigenvalue weighted by atomic mass is 10.0. The average Bonchev–Trinajstić information content (AvgIpc) is 3.80. The molecule has 7 rings (SSSR count). The van der Waals surface area contributed by atoms with Crippen LogP contribution in [0.25, 0.3) is 33.2 Å². The van der Waals surface area contributed by atoms with Gasteiger partial charge in [0.15, 0.2) is 0 Å². The lowest BCUT2D eigenvalue weighted by Crippen LogP contribution is -2.46. The number of anilines is 1. The zero-order chi connectivity index (χ0) is 42.4. The lowest BCUT2D eigenvalue weighted by molar-refractivity contribution is -0.135. The van der Waals surface area contributed by atoms with Crippen molar-refractivity contribution in [1.29, 1.82) is 0 Å². The van der Waals surface area contributed by atoms with Crippen molar-refractivity contribution in [2.75, 3.05) is 97.4 Å². The van der Waals surface area contributed by atoms with Crippen LogP contribution >= 0.6 is 0 Å². The van der Waals surface area contributed by atoms with Gasteiger partial charge in [-0.25, -0.2) is 9.78 Å². The molecule has 0 aliphatic carbocycles. The summed E-state index contributed by atoms with van der Waals surface area (Å²) in [4.78, 5) is 54.5. The number of nitrogens with one attached hydrogen (secondary N) is 3. The number of hydrogen-bond acceptors (Lipinski definition) is 12. The fourth-order valence-electron chi connectivity index (χ4n) is 7.96. The highest BCUT2D eigenvalue weighted by molar-refractivity contribution is 6.00. The molecule has 61 heavy (non-hydrogen) atoms.